The molecule has 0 aliphatic heterocycles. The molecule has 126 valence electrons. The zero-order chi connectivity index (χ0) is 15.8. The van der Waals surface area contributed by atoms with Gasteiger partial charge >= 0.3 is 5.97 Å². The second-order valence-corrected chi connectivity index (χ2v) is 6.26. The Morgan fingerprint density at radius 3 is 1.67 bits per heavy atom. The van der Waals surface area contributed by atoms with E-state index in [9.17, 15) is 9.90 Å². The lowest BCUT2D eigenvalue weighted by molar-refractivity contribution is -0.137. The van der Waals surface area contributed by atoms with Gasteiger partial charge in [-0.05, 0) is 19.3 Å². The Balaban J connectivity index is 3.15. The molecule has 1 atom stereocenters. The van der Waals surface area contributed by atoms with E-state index < -0.39 is 5.97 Å². The highest BCUT2D eigenvalue weighted by Crippen LogP contribution is 2.14. The molecule has 0 heterocycles. The summed E-state index contributed by atoms with van der Waals surface area (Å²) in [5.41, 5.74) is 0. The van der Waals surface area contributed by atoms with E-state index in [0.29, 0.717) is 0 Å². The molecule has 0 rings (SSSR count). The third-order valence-corrected chi connectivity index (χ3v) is 4.07. The molecule has 3 nitrogen and oxygen atoms in total. The van der Waals surface area contributed by atoms with Crippen LogP contribution in [0, 0.1) is 0 Å². The summed E-state index contributed by atoms with van der Waals surface area (Å²) >= 11 is 0. The van der Waals surface area contributed by atoms with Gasteiger partial charge in [-0.1, -0.05) is 77.6 Å². The van der Waals surface area contributed by atoms with Gasteiger partial charge in [-0.2, -0.15) is 0 Å². The molecule has 0 spiro atoms. The third-order valence-electron chi connectivity index (χ3n) is 4.07. The summed E-state index contributed by atoms with van der Waals surface area (Å²) in [5.74, 6) is -0.717. The lowest BCUT2D eigenvalue weighted by Gasteiger charge is -2.10. The van der Waals surface area contributed by atoms with Gasteiger partial charge in [0.25, 0.3) is 0 Å². The summed E-state index contributed by atoms with van der Waals surface area (Å²) in [6, 6.07) is 0. The number of rotatable bonds is 16. The fourth-order valence-electron chi connectivity index (χ4n) is 2.67. The van der Waals surface area contributed by atoms with Crippen LogP contribution in [0.3, 0.4) is 0 Å². The molecule has 0 aromatic heterocycles. The Bertz CT molecular complexity index is 229. The van der Waals surface area contributed by atoms with E-state index in [1.807, 2.05) is 0 Å². The van der Waals surface area contributed by atoms with E-state index in [2.05, 4.69) is 6.92 Å². The number of aliphatic hydroxyl groups is 1. The van der Waals surface area contributed by atoms with Crippen LogP contribution < -0.4 is 0 Å². The molecule has 0 saturated carbocycles. The maximum Gasteiger partial charge on any atom is 0.303 e. The Morgan fingerprint density at radius 2 is 1.19 bits per heavy atom. The summed E-state index contributed by atoms with van der Waals surface area (Å²) in [6.45, 7) is 2.25. The highest BCUT2D eigenvalue weighted by molar-refractivity contribution is 5.66. The van der Waals surface area contributed by atoms with Crippen LogP contribution in [-0.4, -0.2) is 22.3 Å². The number of aliphatic carboxylic acids is 1. The number of hydrogen-bond donors (Lipinski definition) is 2. The van der Waals surface area contributed by atoms with Gasteiger partial charge in [0.1, 0.15) is 0 Å². The molecule has 1 unspecified atom stereocenters. The molecule has 0 aromatic carbocycles. The Labute approximate surface area is 131 Å². The predicted molar refractivity (Wildman–Crippen MR) is 88.6 cm³/mol. The van der Waals surface area contributed by atoms with Gasteiger partial charge in [-0.3, -0.25) is 4.79 Å². The fourth-order valence-corrected chi connectivity index (χ4v) is 2.67. The van der Waals surface area contributed by atoms with Crippen molar-refractivity contribution in [3.63, 3.8) is 0 Å². The maximum absolute atomic E-state index is 10.3. The van der Waals surface area contributed by atoms with Crippen LogP contribution in [0.2, 0.25) is 0 Å². The van der Waals surface area contributed by atoms with Gasteiger partial charge in [0, 0.05) is 6.42 Å². The molecular formula is C18H36O3. The first-order valence-electron chi connectivity index (χ1n) is 9.06. The number of unbranched alkanes of at least 4 members (excludes halogenated alkanes) is 10. The van der Waals surface area contributed by atoms with Crippen molar-refractivity contribution >= 4 is 5.97 Å². The molecule has 0 fully saturated rings. The molecule has 0 aromatic rings. The lowest BCUT2D eigenvalue weighted by Crippen LogP contribution is -2.06. The van der Waals surface area contributed by atoms with Crippen LogP contribution >= 0.6 is 0 Å². The van der Waals surface area contributed by atoms with E-state index in [4.69, 9.17) is 5.11 Å². The molecule has 0 aliphatic rings. The first kappa shape index (κ1) is 20.4. The summed E-state index contributed by atoms with van der Waals surface area (Å²) in [7, 11) is 0. The predicted octanol–water partition coefficient (Wildman–Crippen LogP) is 5.30. The standard InChI is InChI=1S/C18H36O3/c1-2-3-4-5-6-7-8-9-11-14-17(19)15-12-10-13-16-18(20)21/h17,19H,2-16H2,1H3,(H,20,21). The van der Waals surface area contributed by atoms with E-state index in [0.717, 1.165) is 38.5 Å². The zero-order valence-corrected chi connectivity index (χ0v) is 14.0. The van der Waals surface area contributed by atoms with Crippen LogP contribution in [0.15, 0.2) is 0 Å². The van der Waals surface area contributed by atoms with Crippen molar-refractivity contribution in [3.05, 3.63) is 0 Å². The van der Waals surface area contributed by atoms with Crippen LogP contribution in [0.1, 0.15) is 103 Å². The molecule has 3 heteroatoms. The van der Waals surface area contributed by atoms with Crippen LogP contribution in [0.25, 0.3) is 0 Å². The van der Waals surface area contributed by atoms with Crippen LogP contribution in [-0.2, 0) is 4.79 Å². The topological polar surface area (TPSA) is 57.5 Å². The van der Waals surface area contributed by atoms with Gasteiger partial charge < -0.3 is 10.2 Å². The SMILES string of the molecule is CCCCCCCCCCCC(O)CCCCCC(=O)O. The van der Waals surface area contributed by atoms with Gasteiger partial charge in [0.05, 0.1) is 6.10 Å². The number of carbonyl (C=O) groups is 1. The number of aliphatic hydroxyl groups excluding tert-OH is 1. The quantitative estimate of drug-likeness (QED) is 0.380. The first-order chi connectivity index (χ1) is 10.2. The molecule has 0 bridgehead atoms. The minimum Gasteiger partial charge on any atom is -0.481 e. The monoisotopic (exact) mass is 300 g/mol. The second-order valence-electron chi connectivity index (χ2n) is 6.26. The smallest absolute Gasteiger partial charge is 0.303 e. The van der Waals surface area contributed by atoms with Crippen molar-refractivity contribution in [1.29, 1.82) is 0 Å². The molecular weight excluding hydrogens is 264 g/mol. The molecule has 2 N–H and O–H groups in total. The Kier molecular flexibility index (Phi) is 15.4. The van der Waals surface area contributed by atoms with Crippen molar-refractivity contribution in [3.8, 4) is 0 Å². The highest BCUT2D eigenvalue weighted by Gasteiger charge is 2.04. The number of carboxylic acids is 1. The Morgan fingerprint density at radius 1 is 0.762 bits per heavy atom. The number of carboxylic acid groups (broad SMARTS) is 1. The average Bonchev–Trinajstić information content (AvgIpc) is 2.45. The fraction of sp³-hybridized carbons (Fsp3) is 0.944. The Hall–Kier alpha value is -0.570. The van der Waals surface area contributed by atoms with E-state index in [-0.39, 0.29) is 12.5 Å². The van der Waals surface area contributed by atoms with Gasteiger partial charge in [0.2, 0.25) is 0 Å². The van der Waals surface area contributed by atoms with E-state index in [1.54, 1.807) is 0 Å². The van der Waals surface area contributed by atoms with Crippen molar-refractivity contribution in [2.24, 2.45) is 0 Å². The minimum atomic E-state index is -0.717. The second kappa shape index (κ2) is 15.8. The van der Waals surface area contributed by atoms with Crippen LogP contribution in [0.5, 0.6) is 0 Å². The van der Waals surface area contributed by atoms with Crippen molar-refractivity contribution in [1.82, 2.24) is 0 Å². The van der Waals surface area contributed by atoms with Gasteiger partial charge in [-0.25, -0.2) is 0 Å². The normalized spacial score (nSPS) is 12.5. The van der Waals surface area contributed by atoms with Crippen molar-refractivity contribution in [2.45, 2.75) is 109 Å². The van der Waals surface area contributed by atoms with Crippen molar-refractivity contribution < 1.29 is 15.0 Å². The summed E-state index contributed by atoms with van der Waals surface area (Å²) in [6.07, 6.45) is 16.3. The molecule has 0 saturated heterocycles. The number of hydrogen-bond acceptors (Lipinski definition) is 2. The maximum atomic E-state index is 10.3. The van der Waals surface area contributed by atoms with Crippen LogP contribution in [0.4, 0.5) is 0 Å². The third kappa shape index (κ3) is 17.4. The van der Waals surface area contributed by atoms with E-state index >= 15 is 0 Å². The van der Waals surface area contributed by atoms with Gasteiger partial charge in [0.15, 0.2) is 0 Å². The zero-order valence-electron chi connectivity index (χ0n) is 14.0. The average molecular weight is 300 g/mol. The largest absolute Gasteiger partial charge is 0.481 e. The lowest BCUT2D eigenvalue weighted by atomic mass is 10.0. The molecule has 0 amide bonds. The minimum absolute atomic E-state index is 0.181. The molecule has 0 radical (unpaired) electrons. The highest BCUT2D eigenvalue weighted by atomic mass is 16.4. The summed E-state index contributed by atoms with van der Waals surface area (Å²) in [5, 5.41) is 18.4. The van der Waals surface area contributed by atoms with E-state index in [1.165, 1.54) is 51.4 Å². The molecule has 21 heavy (non-hydrogen) atoms. The first-order valence-corrected chi connectivity index (χ1v) is 9.06. The summed E-state index contributed by atoms with van der Waals surface area (Å²) in [4.78, 5) is 10.3. The van der Waals surface area contributed by atoms with Crippen molar-refractivity contribution in [2.75, 3.05) is 0 Å². The summed E-state index contributed by atoms with van der Waals surface area (Å²) < 4.78 is 0. The molecule has 0 aliphatic carbocycles. The van der Waals surface area contributed by atoms with Gasteiger partial charge in [-0.15, -0.1) is 0 Å².